The maximum absolute atomic E-state index is 12.8. The van der Waals surface area contributed by atoms with Crippen molar-refractivity contribution in [1.82, 2.24) is 5.32 Å². The van der Waals surface area contributed by atoms with Crippen LogP contribution in [0.15, 0.2) is 0 Å². The molecule has 0 bridgehead atoms. The summed E-state index contributed by atoms with van der Waals surface area (Å²) >= 11 is 0. The van der Waals surface area contributed by atoms with Gasteiger partial charge in [0.25, 0.3) is 0 Å². The molecule has 0 saturated heterocycles. The van der Waals surface area contributed by atoms with Crippen molar-refractivity contribution in [3.05, 3.63) is 0 Å². The zero-order chi connectivity index (χ0) is 14.0. The smallest absolute Gasteiger partial charge is 0.348 e. The lowest BCUT2D eigenvalue weighted by Gasteiger charge is -2.26. The highest BCUT2D eigenvalue weighted by Crippen LogP contribution is 2.36. The Bertz CT molecular complexity index is 302. The van der Waals surface area contributed by atoms with Crippen molar-refractivity contribution in [2.75, 3.05) is 0 Å². The van der Waals surface area contributed by atoms with E-state index in [0.29, 0.717) is 6.42 Å². The average Bonchev–Trinajstić information content (AvgIpc) is 2.42. The molecule has 1 aliphatic rings. The summed E-state index contributed by atoms with van der Waals surface area (Å²) in [7, 11) is 0. The summed E-state index contributed by atoms with van der Waals surface area (Å²) in [6.45, 7) is 1.75. The zero-order valence-corrected chi connectivity index (χ0v) is 9.99. The average molecular weight is 273 g/mol. The third kappa shape index (κ3) is 3.32. The van der Waals surface area contributed by atoms with Crippen LogP contribution in [0.4, 0.5) is 22.0 Å². The fourth-order valence-corrected chi connectivity index (χ4v) is 2.10. The van der Waals surface area contributed by atoms with Gasteiger partial charge in [-0.05, 0) is 18.8 Å². The first-order valence-corrected chi connectivity index (χ1v) is 5.91. The van der Waals surface area contributed by atoms with Gasteiger partial charge in [0, 0.05) is 6.04 Å². The van der Waals surface area contributed by atoms with Gasteiger partial charge in [-0.25, -0.2) is 0 Å². The van der Waals surface area contributed by atoms with E-state index in [9.17, 15) is 26.7 Å². The number of alkyl halides is 5. The quantitative estimate of drug-likeness (QED) is 0.607. The number of rotatable bonds is 2. The third-order valence-corrected chi connectivity index (χ3v) is 3.32. The Hall–Kier alpha value is -0.880. The lowest BCUT2D eigenvalue weighted by Crippen LogP contribution is -2.54. The van der Waals surface area contributed by atoms with Crippen LogP contribution in [0.2, 0.25) is 0 Å². The first-order chi connectivity index (χ1) is 8.16. The van der Waals surface area contributed by atoms with E-state index in [4.69, 9.17) is 0 Å². The maximum Gasteiger partial charge on any atom is 0.463 e. The number of carbonyl (C=O) groups is 1. The van der Waals surface area contributed by atoms with E-state index in [-0.39, 0.29) is 5.92 Å². The van der Waals surface area contributed by atoms with Crippen molar-refractivity contribution < 1.29 is 26.7 Å². The Morgan fingerprint density at radius 3 is 2.17 bits per heavy atom. The SMILES string of the molecule is CC1CCCCCC1NC(=O)C(F)(F)C(F)(F)F. The maximum atomic E-state index is 12.8. The fraction of sp³-hybridized carbons (Fsp3) is 0.909. The molecule has 106 valence electrons. The summed E-state index contributed by atoms with van der Waals surface area (Å²) < 4.78 is 61.6. The molecule has 0 aromatic heterocycles. The molecule has 2 nitrogen and oxygen atoms in total. The highest BCUT2D eigenvalue weighted by molar-refractivity contribution is 5.84. The largest absolute Gasteiger partial charge is 0.463 e. The van der Waals surface area contributed by atoms with Gasteiger partial charge in [0.2, 0.25) is 0 Å². The zero-order valence-electron chi connectivity index (χ0n) is 9.99. The second-order valence-corrected chi connectivity index (χ2v) is 4.77. The van der Waals surface area contributed by atoms with Crippen LogP contribution in [-0.4, -0.2) is 24.0 Å². The standard InChI is InChI=1S/C11H16F5NO/c1-7-5-3-2-4-6-8(7)17-9(18)10(12,13)11(14,15)16/h7-8H,2-6H2,1H3,(H,17,18). The van der Waals surface area contributed by atoms with E-state index < -0.39 is 24.0 Å². The third-order valence-electron chi connectivity index (χ3n) is 3.32. The van der Waals surface area contributed by atoms with E-state index in [1.54, 1.807) is 6.92 Å². The van der Waals surface area contributed by atoms with Gasteiger partial charge in [-0.2, -0.15) is 22.0 Å². The topological polar surface area (TPSA) is 29.1 Å². The number of nitrogens with one attached hydrogen (secondary N) is 1. The Morgan fingerprint density at radius 2 is 1.61 bits per heavy atom. The Kier molecular flexibility index (Phi) is 4.55. The molecular weight excluding hydrogens is 257 g/mol. The highest BCUT2D eigenvalue weighted by atomic mass is 19.4. The van der Waals surface area contributed by atoms with Crippen LogP contribution in [0.5, 0.6) is 0 Å². The molecule has 1 aliphatic carbocycles. The lowest BCUT2D eigenvalue weighted by atomic mass is 9.96. The van der Waals surface area contributed by atoms with Crippen molar-refractivity contribution in [2.24, 2.45) is 5.92 Å². The molecule has 2 atom stereocenters. The molecule has 1 N–H and O–H groups in total. The molecule has 1 saturated carbocycles. The van der Waals surface area contributed by atoms with Crippen LogP contribution in [-0.2, 0) is 4.79 Å². The van der Waals surface area contributed by atoms with Crippen molar-refractivity contribution in [3.8, 4) is 0 Å². The van der Waals surface area contributed by atoms with Crippen LogP contribution in [0.3, 0.4) is 0 Å². The fourth-order valence-electron chi connectivity index (χ4n) is 2.10. The number of halogens is 5. The first-order valence-electron chi connectivity index (χ1n) is 5.91. The van der Waals surface area contributed by atoms with Crippen molar-refractivity contribution >= 4 is 5.91 Å². The number of hydrogen-bond donors (Lipinski definition) is 1. The van der Waals surface area contributed by atoms with E-state index >= 15 is 0 Å². The van der Waals surface area contributed by atoms with E-state index in [0.717, 1.165) is 25.7 Å². The molecule has 0 aromatic rings. The minimum atomic E-state index is -5.84. The Morgan fingerprint density at radius 1 is 1.06 bits per heavy atom. The molecule has 1 rings (SSSR count). The Labute approximate surface area is 102 Å². The normalized spacial score (nSPS) is 26.6. The molecule has 18 heavy (non-hydrogen) atoms. The second kappa shape index (κ2) is 5.40. The van der Waals surface area contributed by atoms with Crippen molar-refractivity contribution in [3.63, 3.8) is 0 Å². The molecule has 0 aromatic carbocycles. The van der Waals surface area contributed by atoms with Crippen LogP contribution >= 0.6 is 0 Å². The summed E-state index contributed by atoms with van der Waals surface area (Å²) in [6, 6.07) is -0.603. The van der Waals surface area contributed by atoms with Gasteiger partial charge in [0.1, 0.15) is 0 Å². The van der Waals surface area contributed by atoms with Crippen molar-refractivity contribution in [2.45, 2.75) is 57.2 Å². The molecule has 7 heteroatoms. The summed E-state index contributed by atoms with van der Waals surface area (Å²) in [6.07, 6.45) is -2.13. The molecule has 0 spiro atoms. The predicted molar refractivity (Wildman–Crippen MR) is 55.2 cm³/mol. The molecule has 0 radical (unpaired) electrons. The monoisotopic (exact) mass is 273 g/mol. The van der Waals surface area contributed by atoms with Gasteiger partial charge < -0.3 is 5.32 Å². The molecule has 2 unspecified atom stereocenters. The summed E-state index contributed by atoms with van der Waals surface area (Å²) in [5, 5.41) is 1.85. The molecule has 1 fully saturated rings. The van der Waals surface area contributed by atoms with Gasteiger partial charge >= 0.3 is 18.0 Å². The summed E-state index contributed by atoms with van der Waals surface area (Å²) in [4.78, 5) is 11.1. The summed E-state index contributed by atoms with van der Waals surface area (Å²) in [5.41, 5.74) is 0. The van der Waals surface area contributed by atoms with Gasteiger partial charge in [-0.1, -0.05) is 26.2 Å². The number of amides is 1. The van der Waals surface area contributed by atoms with Gasteiger partial charge in [-0.15, -0.1) is 0 Å². The Balaban J connectivity index is 2.68. The molecule has 0 heterocycles. The van der Waals surface area contributed by atoms with Gasteiger partial charge in [-0.3, -0.25) is 4.79 Å². The van der Waals surface area contributed by atoms with Crippen LogP contribution in [0.25, 0.3) is 0 Å². The predicted octanol–water partition coefficient (Wildman–Crippen LogP) is 3.27. The van der Waals surface area contributed by atoms with Gasteiger partial charge in [0.15, 0.2) is 0 Å². The van der Waals surface area contributed by atoms with Gasteiger partial charge in [0.05, 0.1) is 0 Å². The lowest BCUT2D eigenvalue weighted by molar-refractivity contribution is -0.270. The van der Waals surface area contributed by atoms with Crippen LogP contribution in [0.1, 0.15) is 39.0 Å². The van der Waals surface area contributed by atoms with E-state index in [1.807, 2.05) is 5.32 Å². The van der Waals surface area contributed by atoms with E-state index in [2.05, 4.69) is 0 Å². The first kappa shape index (κ1) is 15.2. The molecule has 1 amide bonds. The molecular formula is C11H16F5NO. The minimum absolute atomic E-state index is 0.0829. The minimum Gasteiger partial charge on any atom is -0.348 e. The summed E-state index contributed by atoms with van der Waals surface area (Å²) in [5.74, 6) is -7.65. The second-order valence-electron chi connectivity index (χ2n) is 4.77. The number of hydrogen-bond acceptors (Lipinski definition) is 1. The van der Waals surface area contributed by atoms with Crippen LogP contribution in [0, 0.1) is 5.92 Å². The van der Waals surface area contributed by atoms with E-state index in [1.165, 1.54) is 0 Å². The number of carbonyl (C=O) groups excluding carboxylic acids is 1. The van der Waals surface area contributed by atoms with Crippen molar-refractivity contribution in [1.29, 1.82) is 0 Å². The highest BCUT2D eigenvalue weighted by Gasteiger charge is 2.63. The molecule has 0 aliphatic heterocycles. The van der Waals surface area contributed by atoms with Crippen LogP contribution < -0.4 is 5.32 Å².